The summed E-state index contributed by atoms with van der Waals surface area (Å²) in [5.41, 5.74) is 5.17. The lowest BCUT2D eigenvalue weighted by molar-refractivity contribution is -0.122. The van der Waals surface area contributed by atoms with Gasteiger partial charge in [-0.3, -0.25) is 29.0 Å². The number of nitrogens with one attached hydrogen (secondary N) is 2. The zero-order valence-electron chi connectivity index (χ0n) is 36.1. The molecule has 2 unspecified atom stereocenters. The van der Waals surface area contributed by atoms with Crippen molar-refractivity contribution in [1.82, 2.24) is 25.1 Å². The van der Waals surface area contributed by atoms with Gasteiger partial charge < -0.3 is 15.4 Å². The maximum absolute atomic E-state index is 15.2. The van der Waals surface area contributed by atoms with E-state index in [1.807, 2.05) is 31.5 Å². The van der Waals surface area contributed by atoms with E-state index in [4.69, 9.17) is 0 Å². The molecule has 1 aliphatic heterocycles. The van der Waals surface area contributed by atoms with Crippen LogP contribution in [-0.4, -0.2) is 86.4 Å². The molecule has 0 aliphatic carbocycles. The summed E-state index contributed by atoms with van der Waals surface area (Å²) in [4.78, 5) is 50.9. The molecule has 2 heterocycles. The molecule has 1 aliphatic rings. The van der Waals surface area contributed by atoms with Crippen molar-refractivity contribution in [3.05, 3.63) is 115 Å². The number of hydrogen-bond donors (Lipinski definition) is 2. The number of amides is 1. The summed E-state index contributed by atoms with van der Waals surface area (Å²) in [5, 5.41) is 6.17. The van der Waals surface area contributed by atoms with E-state index in [0.717, 1.165) is 59.6 Å². The van der Waals surface area contributed by atoms with Crippen molar-refractivity contribution in [3.63, 3.8) is 0 Å². The zero-order valence-corrected chi connectivity index (χ0v) is 37.7. The molecule has 13 heteroatoms. The molecule has 1 amide bonds. The second kappa shape index (κ2) is 22.8. The quantitative estimate of drug-likeness (QED) is 0.0677. The van der Waals surface area contributed by atoms with Crippen molar-refractivity contribution < 1.29 is 18.4 Å². The number of fused-ring (bicyclic) bond motifs is 5. The van der Waals surface area contributed by atoms with Gasteiger partial charge in [0.2, 0.25) is 5.91 Å². The minimum atomic E-state index is -1.07. The van der Waals surface area contributed by atoms with Crippen LogP contribution in [0.2, 0.25) is 0 Å². The molecule has 0 saturated carbocycles. The molecule has 0 spiro atoms. The van der Waals surface area contributed by atoms with Crippen LogP contribution in [0.5, 0.6) is 0 Å². The predicted molar refractivity (Wildman–Crippen MR) is 244 cm³/mol. The number of aliphatic imine (C=N–C) groups is 2. The average molecular weight is 889 g/mol. The third-order valence-electron chi connectivity index (χ3n) is 10.9. The number of rotatable bonds is 20. The van der Waals surface area contributed by atoms with E-state index < -0.39 is 23.5 Å². The zero-order chi connectivity index (χ0) is 44.0. The number of aryl methyl sites for hydroxylation is 1. The molecular formula is C47H60BrF2N7O3. The van der Waals surface area contributed by atoms with Gasteiger partial charge in [-0.1, -0.05) is 32.0 Å². The number of nitrogens with zero attached hydrogens (tertiary/aromatic N) is 5. The Kier molecular flexibility index (Phi) is 18.2. The van der Waals surface area contributed by atoms with Crippen molar-refractivity contribution in [2.75, 3.05) is 46.8 Å². The van der Waals surface area contributed by atoms with Gasteiger partial charge in [0.25, 0.3) is 5.56 Å². The largest absolute Gasteiger partial charge is 0.359 e. The van der Waals surface area contributed by atoms with Crippen LogP contribution in [-0.2, 0) is 15.0 Å². The van der Waals surface area contributed by atoms with E-state index in [9.17, 15) is 14.4 Å². The minimum Gasteiger partial charge on any atom is -0.359 e. The smallest absolute Gasteiger partial charge is 0.281 e. The first-order chi connectivity index (χ1) is 28.8. The SMILES string of the molecule is C=N/C=C(\C=NCCC(CCNC)c1cc(F)c(C(CCC=O)C(=O)NC)c(F)c1)CN(CCC)CCC.Cc1ccc2c(c1)-n1c(nc(=O)c3c(Br)cccc31)C2(C)C. The highest BCUT2D eigenvalue weighted by atomic mass is 79.9. The topological polar surface area (TPSA) is 121 Å². The number of carbonyl (C=O) groups is 2. The van der Waals surface area contributed by atoms with Gasteiger partial charge in [0.05, 0.1) is 27.9 Å². The van der Waals surface area contributed by atoms with Gasteiger partial charge in [-0.05, 0) is 155 Å². The van der Waals surface area contributed by atoms with Crippen LogP contribution in [0.1, 0.15) is 106 Å². The summed E-state index contributed by atoms with van der Waals surface area (Å²) >= 11 is 3.49. The third-order valence-corrected chi connectivity index (χ3v) is 11.6. The van der Waals surface area contributed by atoms with E-state index in [1.165, 1.54) is 30.3 Å². The highest BCUT2D eigenvalue weighted by Crippen LogP contribution is 2.43. The lowest BCUT2D eigenvalue weighted by atomic mass is 9.85. The lowest BCUT2D eigenvalue weighted by Gasteiger charge is -2.21. The van der Waals surface area contributed by atoms with Gasteiger partial charge in [0, 0.05) is 54.6 Å². The van der Waals surface area contributed by atoms with Crippen LogP contribution < -0.4 is 16.2 Å². The molecule has 2 atom stereocenters. The maximum Gasteiger partial charge on any atom is 0.281 e. The van der Waals surface area contributed by atoms with E-state index in [1.54, 1.807) is 6.20 Å². The third kappa shape index (κ3) is 11.6. The molecule has 322 valence electrons. The average Bonchev–Trinajstić information content (AvgIpc) is 3.43. The number of likely N-dealkylation sites (N-methyl/N-ethyl adjacent to an activating group) is 1. The molecular weight excluding hydrogens is 828 g/mol. The molecule has 1 aromatic heterocycles. The van der Waals surface area contributed by atoms with Crippen LogP contribution in [0.25, 0.3) is 16.6 Å². The highest BCUT2D eigenvalue weighted by molar-refractivity contribution is 9.10. The Balaban J connectivity index is 0.000000301. The van der Waals surface area contributed by atoms with E-state index >= 15 is 8.78 Å². The highest BCUT2D eigenvalue weighted by Gasteiger charge is 2.38. The number of aldehydes is 1. The van der Waals surface area contributed by atoms with E-state index in [0.29, 0.717) is 43.2 Å². The molecule has 5 rings (SSSR count). The molecule has 10 nitrogen and oxygen atoms in total. The summed E-state index contributed by atoms with van der Waals surface area (Å²) in [6, 6.07) is 14.9. The number of benzene rings is 3. The van der Waals surface area contributed by atoms with Gasteiger partial charge in [0.1, 0.15) is 23.7 Å². The van der Waals surface area contributed by atoms with Gasteiger partial charge in [-0.2, -0.15) is 4.98 Å². The van der Waals surface area contributed by atoms with Crippen molar-refractivity contribution in [3.8, 4) is 5.69 Å². The van der Waals surface area contributed by atoms with Crippen molar-refractivity contribution in [1.29, 1.82) is 0 Å². The van der Waals surface area contributed by atoms with Crippen molar-refractivity contribution in [2.45, 2.75) is 90.4 Å². The fourth-order valence-corrected chi connectivity index (χ4v) is 8.48. The van der Waals surface area contributed by atoms with Gasteiger partial charge in [-0.25, -0.2) is 8.78 Å². The Hall–Kier alpha value is -4.72. The Labute approximate surface area is 361 Å². The van der Waals surface area contributed by atoms with Crippen LogP contribution >= 0.6 is 15.9 Å². The number of hydrogen-bond acceptors (Lipinski definition) is 8. The number of aromatic nitrogens is 2. The van der Waals surface area contributed by atoms with Gasteiger partial charge in [0.15, 0.2) is 0 Å². The molecule has 0 bridgehead atoms. The second-order valence-electron chi connectivity index (χ2n) is 15.7. The summed E-state index contributed by atoms with van der Waals surface area (Å²) in [6.07, 6.45) is 7.65. The standard InChI is InChI=1S/C29H45F2N5O2.C18H15BrN2O/c1-6-14-36(15-7-2)21-22(19-33-4)20-35-13-11-23(10-12-32-3)24-17-26(30)28(27(31)18-24)25(9-8-16-37)29(38)34-5;1-10-7-8-11-14(9-10)21-13-6-4-5-12(19)15(13)16(22)20-17(21)18(11,2)3/h16-20,23,25,32H,4,6-15,21H2,1-3,5H3,(H,34,38);4-9H,1-3H3/b22-19+,35-20?;. The Morgan fingerprint density at radius 3 is 2.37 bits per heavy atom. The first-order valence-electron chi connectivity index (χ1n) is 20.8. The molecule has 2 N–H and O–H groups in total. The van der Waals surface area contributed by atoms with Gasteiger partial charge in [-0.15, -0.1) is 0 Å². The molecule has 3 aromatic carbocycles. The predicted octanol–water partition coefficient (Wildman–Crippen LogP) is 8.73. The molecule has 60 heavy (non-hydrogen) atoms. The van der Waals surface area contributed by atoms with Crippen molar-refractivity contribution in [2.24, 2.45) is 9.98 Å². The Bertz CT molecular complexity index is 2230. The summed E-state index contributed by atoms with van der Waals surface area (Å²) < 4.78 is 33.3. The maximum atomic E-state index is 15.2. The fraction of sp³-hybridized carbons (Fsp3) is 0.447. The first-order valence-corrected chi connectivity index (χ1v) is 21.6. The van der Waals surface area contributed by atoms with Gasteiger partial charge >= 0.3 is 0 Å². The van der Waals surface area contributed by atoms with Crippen LogP contribution in [0, 0.1) is 18.6 Å². The Morgan fingerprint density at radius 2 is 1.75 bits per heavy atom. The summed E-state index contributed by atoms with van der Waals surface area (Å²) in [5.74, 6) is -2.45. The first kappa shape index (κ1) is 48.0. The number of halogens is 3. The van der Waals surface area contributed by atoms with Crippen LogP contribution in [0.15, 0.2) is 79.6 Å². The monoisotopic (exact) mass is 887 g/mol. The molecule has 0 fully saturated rings. The van der Waals surface area contributed by atoms with Crippen molar-refractivity contribution >= 4 is 52.0 Å². The lowest BCUT2D eigenvalue weighted by Crippen LogP contribution is -2.28. The second-order valence-corrected chi connectivity index (χ2v) is 16.6. The fourth-order valence-electron chi connectivity index (χ4n) is 7.95. The number of carbonyl (C=O) groups excluding carboxylic acids is 2. The normalized spacial score (nSPS) is 14.1. The molecule has 0 radical (unpaired) electrons. The van der Waals surface area contributed by atoms with Crippen LogP contribution in [0.3, 0.4) is 0 Å². The minimum absolute atomic E-state index is 0.0357. The van der Waals surface area contributed by atoms with E-state index in [2.05, 4.69) is 111 Å². The van der Waals surface area contributed by atoms with E-state index in [-0.39, 0.29) is 35.3 Å². The van der Waals surface area contributed by atoms with Crippen LogP contribution in [0.4, 0.5) is 8.78 Å². The molecule has 4 aromatic rings. The Morgan fingerprint density at radius 1 is 1.05 bits per heavy atom. The molecule has 0 saturated heterocycles. The summed E-state index contributed by atoms with van der Waals surface area (Å²) in [7, 11) is 3.24. The summed E-state index contributed by atoms with van der Waals surface area (Å²) in [6.45, 7) is 18.1.